The SMILES string of the molecule is O=c1[c]cc2cc(S(=O)(=O)N3CCOCC3)c(Cl)cc2n1P(=O)(O)O. The van der Waals surface area contributed by atoms with Crippen molar-refractivity contribution in [2.24, 2.45) is 0 Å². The Morgan fingerprint density at radius 2 is 1.88 bits per heavy atom. The lowest BCUT2D eigenvalue weighted by atomic mass is 10.2. The van der Waals surface area contributed by atoms with Crippen LogP contribution in [0.3, 0.4) is 0 Å². The molecule has 0 atom stereocenters. The van der Waals surface area contributed by atoms with Gasteiger partial charge in [0.2, 0.25) is 10.0 Å². The topological polar surface area (TPSA) is 126 Å². The van der Waals surface area contributed by atoms with Gasteiger partial charge in [-0.05, 0) is 18.2 Å². The fraction of sp³-hybridized carbons (Fsp3) is 0.308. The predicted molar refractivity (Wildman–Crippen MR) is 89.1 cm³/mol. The van der Waals surface area contributed by atoms with Gasteiger partial charge in [0.25, 0.3) is 5.56 Å². The van der Waals surface area contributed by atoms with Crippen LogP contribution in [0.5, 0.6) is 0 Å². The van der Waals surface area contributed by atoms with Gasteiger partial charge in [-0.3, -0.25) is 4.79 Å². The van der Waals surface area contributed by atoms with Crippen LogP contribution >= 0.6 is 19.3 Å². The van der Waals surface area contributed by atoms with Gasteiger partial charge in [-0.2, -0.15) is 4.31 Å². The molecule has 0 aliphatic carbocycles. The molecule has 1 fully saturated rings. The van der Waals surface area contributed by atoms with Crippen LogP contribution in [0, 0.1) is 6.07 Å². The minimum absolute atomic E-state index is 0.110. The number of rotatable bonds is 3. The summed E-state index contributed by atoms with van der Waals surface area (Å²) in [6.45, 7) is 0.863. The molecule has 1 aliphatic heterocycles. The molecule has 2 aromatic rings. The molecule has 1 aromatic carbocycles. The minimum atomic E-state index is -4.97. The maximum Gasteiger partial charge on any atom is 0.437 e. The van der Waals surface area contributed by atoms with Crippen LogP contribution in [-0.4, -0.2) is 53.2 Å². The van der Waals surface area contributed by atoms with E-state index in [0.29, 0.717) is 0 Å². The van der Waals surface area contributed by atoms with Crippen LogP contribution in [-0.2, 0) is 19.3 Å². The number of nitrogens with zero attached hydrogens (tertiary/aromatic N) is 2. The van der Waals surface area contributed by atoms with Gasteiger partial charge in [-0.1, -0.05) is 11.6 Å². The van der Waals surface area contributed by atoms with Gasteiger partial charge < -0.3 is 14.5 Å². The van der Waals surface area contributed by atoms with Crippen LogP contribution in [0.15, 0.2) is 27.9 Å². The Labute approximate surface area is 147 Å². The van der Waals surface area contributed by atoms with Gasteiger partial charge in [-0.25, -0.2) is 17.3 Å². The standard InChI is InChI=1S/C13H13ClN2O7PS/c14-10-8-11-9(1-2-13(17)16(11)24(18,19)20)7-12(10)25(21,22)15-3-5-23-6-4-15/h1,7-8H,3-6H2,(H2,18,19,20). The highest BCUT2D eigenvalue weighted by atomic mass is 35.5. The fourth-order valence-corrected chi connectivity index (χ4v) is 5.24. The summed E-state index contributed by atoms with van der Waals surface area (Å²) >= 11 is 6.07. The lowest BCUT2D eigenvalue weighted by molar-refractivity contribution is 0.0730. The zero-order valence-electron chi connectivity index (χ0n) is 12.6. The summed E-state index contributed by atoms with van der Waals surface area (Å²) in [6, 6.07) is 5.56. The molecule has 0 unspecified atom stereocenters. The third-order valence-corrected chi connectivity index (χ3v) is 6.98. The summed E-state index contributed by atoms with van der Waals surface area (Å²) in [7, 11) is -8.88. The van der Waals surface area contributed by atoms with E-state index < -0.39 is 23.3 Å². The Bertz CT molecular complexity index is 1040. The molecule has 0 bridgehead atoms. The van der Waals surface area contributed by atoms with E-state index in [1.54, 1.807) is 0 Å². The first-order chi connectivity index (χ1) is 11.6. The molecule has 2 heterocycles. The molecule has 0 spiro atoms. The minimum Gasteiger partial charge on any atom is -0.379 e. The van der Waals surface area contributed by atoms with Crippen molar-refractivity contribution in [3.63, 3.8) is 0 Å². The monoisotopic (exact) mass is 407 g/mol. The number of aromatic nitrogens is 1. The maximum absolute atomic E-state index is 12.8. The summed E-state index contributed by atoms with van der Waals surface area (Å²) in [5.74, 6) is 0. The number of ether oxygens (including phenoxy) is 1. The van der Waals surface area contributed by atoms with Crippen molar-refractivity contribution in [1.82, 2.24) is 8.64 Å². The number of hydrogen-bond donors (Lipinski definition) is 2. The highest BCUT2D eigenvalue weighted by Crippen LogP contribution is 2.39. The molecule has 1 aromatic heterocycles. The van der Waals surface area contributed by atoms with E-state index in [-0.39, 0.29) is 51.5 Å². The fourth-order valence-electron chi connectivity index (χ4n) is 2.55. The number of morpholine rings is 1. The van der Waals surface area contributed by atoms with Crippen molar-refractivity contribution >= 4 is 40.3 Å². The van der Waals surface area contributed by atoms with Gasteiger partial charge in [0.05, 0.1) is 29.8 Å². The molecule has 25 heavy (non-hydrogen) atoms. The Balaban J connectivity index is 2.23. The third kappa shape index (κ3) is 3.39. The number of halogens is 1. The second-order valence-electron chi connectivity index (χ2n) is 5.28. The second-order valence-corrected chi connectivity index (χ2v) is 9.02. The van der Waals surface area contributed by atoms with Gasteiger partial charge in [0, 0.05) is 18.5 Å². The van der Waals surface area contributed by atoms with Crippen LogP contribution in [0.2, 0.25) is 5.02 Å². The van der Waals surface area contributed by atoms with E-state index in [1.165, 1.54) is 16.4 Å². The maximum atomic E-state index is 12.8. The number of fused-ring (bicyclic) bond motifs is 1. The molecular formula is C13H13ClN2O7PS. The van der Waals surface area contributed by atoms with Crippen molar-refractivity contribution in [3.8, 4) is 0 Å². The first kappa shape index (κ1) is 18.5. The predicted octanol–water partition coefficient (Wildman–Crippen LogP) is 0.417. The summed E-state index contributed by atoms with van der Waals surface area (Å²) in [5, 5.41) is -0.133. The first-order valence-corrected chi connectivity index (χ1v) is 10.4. The zero-order chi connectivity index (χ0) is 18.4. The summed E-state index contributed by atoms with van der Waals surface area (Å²) < 4.78 is 43.6. The van der Waals surface area contributed by atoms with Gasteiger partial charge in [-0.15, -0.1) is 0 Å². The lowest BCUT2D eigenvalue weighted by Crippen LogP contribution is -2.40. The average Bonchev–Trinajstić information content (AvgIpc) is 2.53. The molecule has 9 nitrogen and oxygen atoms in total. The highest BCUT2D eigenvalue weighted by molar-refractivity contribution is 7.89. The van der Waals surface area contributed by atoms with Crippen molar-refractivity contribution in [1.29, 1.82) is 0 Å². The smallest absolute Gasteiger partial charge is 0.379 e. The molecular weight excluding hydrogens is 395 g/mol. The van der Waals surface area contributed by atoms with Crippen molar-refractivity contribution in [2.75, 3.05) is 26.3 Å². The van der Waals surface area contributed by atoms with Gasteiger partial charge >= 0.3 is 7.75 Å². The van der Waals surface area contributed by atoms with E-state index >= 15 is 0 Å². The van der Waals surface area contributed by atoms with Crippen molar-refractivity contribution < 1.29 is 27.5 Å². The summed E-state index contributed by atoms with van der Waals surface area (Å²) in [4.78, 5) is 30.3. The van der Waals surface area contributed by atoms with E-state index in [2.05, 4.69) is 6.07 Å². The number of benzene rings is 1. The Kier molecular flexibility index (Phi) is 4.80. The van der Waals surface area contributed by atoms with Crippen LogP contribution in [0.1, 0.15) is 0 Å². The number of pyridine rings is 1. The third-order valence-electron chi connectivity index (χ3n) is 3.70. The zero-order valence-corrected chi connectivity index (χ0v) is 15.1. The van der Waals surface area contributed by atoms with E-state index in [1.807, 2.05) is 0 Å². The molecule has 1 aliphatic rings. The number of hydrogen-bond acceptors (Lipinski definition) is 5. The summed E-state index contributed by atoms with van der Waals surface area (Å²) in [5.41, 5.74) is -1.22. The van der Waals surface area contributed by atoms with Crippen molar-refractivity contribution in [3.05, 3.63) is 39.6 Å². The quantitative estimate of drug-likeness (QED) is 0.706. The molecule has 12 heteroatoms. The Hall–Kier alpha value is -1.26. The lowest BCUT2D eigenvalue weighted by Gasteiger charge is -2.26. The normalized spacial score (nSPS) is 17.1. The molecule has 0 amide bonds. The van der Waals surface area contributed by atoms with Crippen LogP contribution < -0.4 is 5.56 Å². The molecule has 2 N–H and O–H groups in total. The molecule has 135 valence electrons. The van der Waals surface area contributed by atoms with Gasteiger partial charge in [0.15, 0.2) is 0 Å². The van der Waals surface area contributed by atoms with E-state index in [9.17, 15) is 27.6 Å². The molecule has 1 saturated heterocycles. The Morgan fingerprint density at radius 3 is 2.48 bits per heavy atom. The molecule has 1 radical (unpaired) electrons. The molecule has 0 saturated carbocycles. The second kappa shape index (κ2) is 6.48. The van der Waals surface area contributed by atoms with Crippen LogP contribution in [0.4, 0.5) is 0 Å². The van der Waals surface area contributed by atoms with Crippen molar-refractivity contribution in [2.45, 2.75) is 4.90 Å². The first-order valence-electron chi connectivity index (χ1n) is 7.03. The average molecular weight is 408 g/mol. The number of sulfonamides is 1. The van der Waals surface area contributed by atoms with E-state index in [4.69, 9.17) is 16.3 Å². The van der Waals surface area contributed by atoms with Crippen LogP contribution in [0.25, 0.3) is 10.9 Å². The largest absolute Gasteiger partial charge is 0.437 e. The summed E-state index contributed by atoms with van der Waals surface area (Å²) in [6.07, 6.45) is 0. The molecule has 3 rings (SSSR count). The van der Waals surface area contributed by atoms with E-state index in [0.717, 1.165) is 6.07 Å². The Morgan fingerprint density at radius 1 is 1.24 bits per heavy atom. The van der Waals surface area contributed by atoms with Gasteiger partial charge in [0.1, 0.15) is 4.90 Å². The highest BCUT2D eigenvalue weighted by Gasteiger charge is 2.30.